The molecule has 0 fully saturated rings. The Bertz CT molecular complexity index is 857. The van der Waals surface area contributed by atoms with E-state index in [4.69, 9.17) is 4.74 Å². The fraction of sp³-hybridized carbons (Fsp3) is 0.364. The lowest BCUT2D eigenvalue weighted by atomic mass is 10.2. The number of benzene rings is 2. The fourth-order valence-corrected chi connectivity index (χ4v) is 2.62. The van der Waals surface area contributed by atoms with E-state index < -0.39 is 12.8 Å². The van der Waals surface area contributed by atoms with Crippen LogP contribution < -0.4 is 20.7 Å². The summed E-state index contributed by atoms with van der Waals surface area (Å²) in [4.78, 5) is 15.8. The number of rotatable bonds is 9. The normalized spacial score (nSPS) is 11.3. The number of amides is 1. The number of aliphatic imine (C=N–C) groups is 1. The molecule has 32 heavy (non-hydrogen) atoms. The molecule has 2 aromatic carbocycles. The summed E-state index contributed by atoms with van der Waals surface area (Å²) in [5.41, 5.74) is 2.64. The number of nitrogens with zero attached hydrogens (tertiary/aromatic N) is 1. The molecule has 176 valence electrons. The van der Waals surface area contributed by atoms with Crippen molar-refractivity contribution in [3.05, 3.63) is 59.7 Å². The molecular weight excluding hydrogens is 536 g/mol. The standard InChI is InChI=1S/C22H27F3N4O2.HI/c1-3-4-20(30)29-18-9-5-16(6-10-18)13-27-21(26-2)28-14-17-7-11-19(12-8-17)31-15-22(23,24)25;/h5-12H,3-4,13-15H2,1-2H3,(H,29,30)(H2,26,27,28);1H. The van der Waals surface area contributed by atoms with E-state index in [0.29, 0.717) is 25.5 Å². The Morgan fingerprint density at radius 2 is 1.50 bits per heavy atom. The van der Waals surface area contributed by atoms with Crippen LogP contribution in [0, 0.1) is 0 Å². The van der Waals surface area contributed by atoms with Gasteiger partial charge < -0.3 is 20.7 Å². The Kier molecular flexibility index (Phi) is 11.9. The summed E-state index contributed by atoms with van der Waals surface area (Å²) < 4.78 is 41.3. The van der Waals surface area contributed by atoms with E-state index in [2.05, 4.69) is 20.9 Å². The molecule has 0 aliphatic rings. The molecule has 0 saturated heterocycles. The van der Waals surface area contributed by atoms with E-state index in [9.17, 15) is 18.0 Å². The largest absolute Gasteiger partial charge is 0.484 e. The second-order valence-electron chi connectivity index (χ2n) is 6.82. The Labute approximate surface area is 203 Å². The molecule has 0 aromatic heterocycles. The molecule has 0 aliphatic carbocycles. The van der Waals surface area contributed by atoms with Gasteiger partial charge in [-0.1, -0.05) is 31.2 Å². The lowest BCUT2D eigenvalue weighted by Crippen LogP contribution is -2.36. The predicted octanol–water partition coefficient (Wildman–Crippen LogP) is 4.85. The van der Waals surface area contributed by atoms with E-state index in [1.165, 1.54) is 12.1 Å². The first kappa shape index (κ1) is 27.5. The van der Waals surface area contributed by atoms with Crippen molar-refractivity contribution >= 4 is 41.5 Å². The van der Waals surface area contributed by atoms with Gasteiger partial charge >= 0.3 is 6.18 Å². The number of halogens is 4. The molecule has 0 bridgehead atoms. The smallest absolute Gasteiger partial charge is 0.422 e. The van der Waals surface area contributed by atoms with Crippen LogP contribution in [0.15, 0.2) is 53.5 Å². The van der Waals surface area contributed by atoms with E-state index >= 15 is 0 Å². The second kappa shape index (κ2) is 13.8. The van der Waals surface area contributed by atoms with Gasteiger partial charge in [-0.3, -0.25) is 9.79 Å². The number of carbonyl (C=O) groups is 1. The summed E-state index contributed by atoms with van der Waals surface area (Å²) in [7, 11) is 1.65. The lowest BCUT2D eigenvalue weighted by molar-refractivity contribution is -0.153. The summed E-state index contributed by atoms with van der Waals surface area (Å²) in [5, 5.41) is 9.17. The number of anilines is 1. The number of alkyl halides is 3. The summed E-state index contributed by atoms with van der Waals surface area (Å²) in [6, 6.07) is 13.9. The van der Waals surface area contributed by atoms with Crippen molar-refractivity contribution in [2.24, 2.45) is 4.99 Å². The number of ether oxygens (including phenoxy) is 1. The van der Waals surface area contributed by atoms with Crippen LogP contribution in [0.4, 0.5) is 18.9 Å². The van der Waals surface area contributed by atoms with Crippen molar-refractivity contribution in [2.75, 3.05) is 19.0 Å². The van der Waals surface area contributed by atoms with Gasteiger partial charge in [0.1, 0.15) is 5.75 Å². The Balaban J connectivity index is 0.00000512. The van der Waals surface area contributed by atoms with E-state index in [1.807, 2.05) is 31.2 Å². The average molecular weight is 564 g/mol. The zero-order valence-electron chi connectivity index (χ0n) is 18.0. The molecule has 2 aromatic rings. The quantitative estimate of drug-likeness (QED) is 0.232. The molecule has 0 spiro atoms. The van der Waals surface area contributed by atoms with E-state index in [0.717, 1.165) is 23.2 Å². The topological polar surface area (TPSA) is 74.8 Å². The maximum Gasteiger partial charge on any atom is 0.422 e. The zero-order chi connectivity index (χ0) is 22.7. The Hall–Kier alpha value is -2.50. The first-order chi connectivity index (χ1) is 14.8. The number of guanidine groups is 1. The number of carbonyl (C=O) groups excluding carboxylic acids is 1. The minimum atomic E-state index is -4.36. The van der Waals surface area contributed by atoms with Gasteiger partial charge in [0, 0.05) is 32.2 Å². The van der Waals surface area contributed by atoms with E-state index in [-0.39, 0.29) is 35.6 Å². The predicted molar refractivity (Wildman–Crippen MR) is 130 cm³/mol. The molecule has 0 radical (unpaired) electrons. The molecule has 2 rings (SSSR count). The molecule has 0 heterocycles. The third-order valence-electron chi connectivity index (χ3n) is 4.18. The number of hydrogen-bond donors (Lipinski definition) is 3. The van der Waals surface area contributed by atoms with Gasteiger partial charge in [0.05, 0.1) is 0 Å². The first-order valence-electron chi connectivity index (χ1n) is 9.91. The lowest BCUT2D eigenvalue weighted by Gasteiger charge is -2.13. The zero-order valence-corrected chi connectivity index (χ0v) is 20.3. The van der Waals surface area contributed by atoms with Gasteiger partial charge in [-0.05, 0) is 41.8 Å². The highest BCUT2D eigenvalue weighted by Crippen LogP contribution is 2.18. The van der Waals surface area contributed by atoms with Gasteiger partial charge in [0.15, 0.2) is 12.6 Å². The molecule has 10 heteroatoms. The van der Waals surface area contributed by atoms with Crippen LogP contribution in [0.25, 0.3) is 0 Å². The Morgan fingerprint density at radius 1 is 0.969 bits per heavy atom. The van der Waals surface area contributed by atoms with Crippen molar-refractivity contribution in [3.8, 4) is 5.75 Å². The van der Waals surface area contributed by atoms with Crippen molar-refractivity contribution in [3.63, 3.8) is 0 Å². The van der Waals surface area contributed by atoms with Gasteiger partial charge in [-0.15, -0.1) is 24.0 Å². The second-order valence-corrected chi connectivity index (χ2v) is 6.82. The van der Waals surface area contributed by atoms with Crippen LogP contribution in [0.3, 0.4) is 0 Å². The highest BCUT2D eigenvalue weighted by Gasteiger charge is 2.28. The molecule has 0 unspecified atom stereocenters. The summed E-state index contributed by atoms with van der Waals surface area (Å²) in [6.07, 6.45) is -3.06. The SMILES string of the molecule is CCCC(=O)Nc1ccc(CNC(=NC)NCc2ccc(OCC(F)(F)F)cc2)cc1.I. The third-order valence-corrected chi connectivity index (χ3v) is 4.18. The molecule has 0 aliphatic heterocycles. The van der Waals surface area contributed by atoms with Crippen LogP contribution in [0.1, 0.15) is 30.9 Å². The summed E-state index contributed by atoms with van der Waals surface area (Å²) in [6.45, 7) is 1.62. The van der Waals surface area contributed by atoms with Crippen LogP contribution in [0.5, 0.6) is 5.75 Å². The molecule has 0 atom stereocenters. The Morgan fingerprint density at radius 3 is 1.97 bits per heavy atom. The third kappa shape index (κ3) is 10.7. The average Bonchev–Trinajstić information content (AvgIpc) is 2.74. The number of nitrogens with one attached hydrogen (secondary N) is 3. The van der Waals surface area contributed by atoms with E-state index in [1.54, 1.807) is 19.2 Å². The minimum Gasteiger partial charge on any atom is -0.484 e. The minimum absolute atomic E-state index is 0. The van der Waals surface area contributed by atoms with Crippen molar-refractivity contribution in [2.45, 2.75) is 39.0 Å². The summed E-state index contributed by atoms with van der Waals surface area (Å²) >= 11 is 0. The molecule has 0 saturated carbocycles. The maximum atomic E-state index is 12.2. The van der Waals surface area contributed by atoms with Crippen molar-refractivity contribution in [1.82, 2.24) is 10.6 Å². The van der Waals surface area contributed by atoms with Gasteiger partial charge in [0.25, 0.3) is 0 Å². The highest BCUT2D eigenvalue weighted by atomic mass is 127. The fourth-order valence-electron chi connectivity index (χ4n) is 2.62. The van der Waals surface area contributed by atoms with Gasteiger partial charge in [-0.2, -0.15) is 13.2 Å². The maximum absolute atomic E-state index is 12.2. The summed E-state index contributed by atoms with van der Waals surface area (Å²) in [5.74, 6) is 0.744. The van der Waals surface area contributed by atoms with Gasteiger partial charge in [-0.25, -0.2) is 0 Å². The van der Waals surface area contributed by atoms with Crippen LogP contribution >= 0.6 is 24.0 Å². The van der Waals surface area contributed by atoms with Crippen molar-refractivity contribution in [1.29, 1.82) is 0 Å². The molecule has 3 N–H and O–H groups in total. The first-order valence-corrected chi connectivity index (χ1v) is 9.91. The van der Waals surface area contributed by atoms with Crippen LogP contribution in [-0.4, -0.2) is 31.7 Å². The monoisotopic (exact) mass is 564 g/mol. The molecule has 1 amide bonds. The highest BCUT2D eigenvalue weighted by molar-refractivity contribution is 14.0. The van der Waals surface area contributed by atoms with Gasteiger partial charge in [0.2, 0.25) is 5.91 Å². The van der Waals surface area contributed by atoms with Crippen molar-refractivity contribution < 1.29 is 22.7 Å². The van der Waals surface area contributed by atoms with Crippen LogP contribution in [-0.2, 0) is 17.9 Å². The number of hydrogen-bond acceptors (Lipinski definition) is 3. The van der Waals surface area contributed by atoms with Crippen LogP contribution in [0.2, 0.25) is 0 Å². The molecule has 6 nitrogen and oxygen atoms in total. The molecular formula is C22H28F3IN4O2.